The average molecular weight is 801 g/mol. The minimum Gasteiger partial charge on any atom is -0.508 e. The van der Waals surface area contributed by atoms with E-state index in [0.717, 1.165) is 0 Å². The summed E-state index contributed by atoms with van der Waals surface area (Å²) in [6.45, 7) is 0.161. The fraction of sp³-hybridized carbons (Fsp3) is 0.444. The molecule has 1 saturated heterocycles. The summed E-state index contributed by atoms with van der Waals surface area (Å²) in [6.07, 6.45) is -0.540. The Morgan fingerprint density at radius 1 is 0.768 bits per heavy atom. The first kappa shape index (κ1) is 44.5. The topological polar surface area (TPSA) is 313 Å². The molecule has 56 heavy (non-hydrogen) atoms. The number of aliphatic carboxylic acids is 2. The van der Waals surface area contributed by atoms with Crippen LogP contribution in [0.2, 0.25) is 0 Å². The molecule has 0 saturated carbocycles. The monoisotopic (exact) mass is 800 g/mol. The molecular formula is C36H48N8O11S. The van der Waals surface area contributed by atoms with Gasteiger partial charge in [-0.25, -0.2) is 9.59 Å². The minimum atomic E-state index is -1.79. The van der Waals surface area contributed by atoms with E-state index in [-0.39, 0.29) is 56.7 Å². The maximum Gasteiger partial charge on any atom is 0.326 e. The maximum absolute atomic E-state index is 14.1. The Morgan fingerprint density at radius 2 is 1.32 bits per heavy atom. The molecular weight excluding hydrogens is 753 g/mol. The third-order valence-electron chi connectivity index (χ3n) is 8.87. The number of carboxylic acid groups (broad SMARTS) is 2. The third-order valence-corrected chi connectivity index (χ3v) is 9.27. The van der Waals surface area contributed by atoms with Crippen molar-refractivity contribution in [1.82, 2.24) is 31.5 Å². The Balaban J connectivity index is 1.91. The number of amides is 7. The van der Waals surface area contributed by atoms with Crippen LogP contribution in [0, 0.1) is 0 Å². The van der Waals surface area contributed by atoms with Gasteiger partial charge in [-0.1, -0.05) is 42.5 Å². The second kappa shape index (κ2) is 21.9. The number of hydrogen-bond acceptors (Lipinski definition) is 11. The first-order chi connectivity index (χ1) is 26.6. The summed E-state index contributed by atoms with van der Waals surface area (Å²) in [6, 6.07) is 5.30. The van der Waals surface area contributed by atoms with E-state index in [4.69, 9.17) is 11.5 Å². The molecule has 19 nitrogen and oxygen atoms in total. The summed E-state index contributed by atoms with van der Waals surface area (Å²) in [5.41, 5.74) is 11.9. The van der Waals surface area contributed by atoms with E-state index in [2.05, 4.69) is 39.2 Å². The molecule has 7 amide bonds. The summed E-state index contributed by atoms with van der Waals surface area (Å²) < 4.78 is 0. The Labute approximate surface area is 327 Å². The van der Waals surface area contributed by atoms with Crippen molar-refractivity contribution in [2.24, 2.45) is 11.5 Å². The van der Waals surface area contributed by atoms with Crippen LogP contribution in [0.15, 0.2) is 54.6 Å². The predicted octanol–water partition coefficient (Wildman–Crippen LogP) is -1.63. The number of rotatable bonds is 21. The molecule has 1 heterocycles. The number of phenols is 1. The molecule has 0 aliphatic carbocycles. The SMILES string of the molecule is NC(=O)NCCC[C@H](NC(=O)[C@@H](N)CS)C(=O)N[C@@H](CC(=O)O)C(=O)N[C@@H](Cc1ccc(O)cc1)C(=O)N[C@@H](Cc1ccccc1)C(=O)N1CCC[C@H]1C(=O)O. The Kier molecular flexibility index (Phi) is 17.4. The molecule has 0 aromatic heterocycles. The molecule has 0 spiro atoms. The fourth-order valence-corrected chi connectivity index (χ4v) is 6.13. The van der Waals surface area contributed by atoms with Gasteiger partial charge in [0.2, 0.25) is 29.5 Å². The maximum atomic E-state index is 14.1. The largest absolute Gasteiger partial charge is 0.508 e. The van der Waals surface area contributed by atoms with E-state index in [1.54, 1.807) is 30.3 Å². The number of aromatic hydroxyl groups is 1. The summed E-state index contributed by atoms with van der Waals surface area (Å²) >= 11 is 3.98. The molecule has 0 unspecified atom stereocenters. The number of phenolic OH excluding ortho intramolecular Hbond substituents is 1. The van der Waals surface area contributed by atoms with E-state index in [1.165, 1.54) is 29.2 Å². The van der Waals surface area contributed by atoms with Crippen LogP contribution in [0.1, 0.15) is 43.2 Å². The van der Waals surface area contributed by atoms with Gasteiger partial charge < -0.3 is 58.3 Å². The Bertz CT molecular complexity index is 1720. The second-order valence-corrected chi connectivity index (χ2v) is 13.5. The van der Waals surface area contributed by atoms with Crippen molar-refractivity contribution >= 4 is 60.1 Å². The Hall–Kier alpha value is -5.89. The molecule has 2 aromatic carbocycles. The van der Waals surface area contributed by atoms with Gasteiger partial charge in [-0.05, 0) is 48.9 Å². The minimum absolute atomic E-state index is 0.0171. The normalized spacial score (nSPS) is 16.2. The van der Waals surface area contributed by atoms with Crippen molar-refractivity contribution < 1.29 is 53.7 Å². The van der Waals surface area contributed by atoms with Gasteiger partial charge in [0.1, 0.15) is 36.0 Å². The lowest BCUT2D eigenvalue weighted by molar-refractivity contribution is -0.149. The van der Waals surface area contributed by atoms with Crippen LogP contribution in [0.3, 0.4) is 0 Å². The molecule has 0 radical (unpaired) electrons. The summed E-state index contributed by atoms with van der Waals surface area (Å²) in [5.74, 6) is -7.25. The second-order valence-electron chi connectivity index (χ2n) is 13.2. The van der Waals surface area contributed by atoms with Crippen LogP contribution in [-0.4, -0.2) is 123 Å². The lowest BCUT2D eigenvalue weighted by atomic mass is 10.0. The molecule has 6 atom stereocenters. The van der Waals surface area contributed by atoms with Gasteiger partial charge in [0.15, 0.2) is 0 Å². The molecule has 20 heteroatoms. The number of nitrogens with two attached hydrogens (primary N) is 2. The molecule has 3 rings (SSSR count). The van der Waals surface area contributed by atoms with E-state index in [1.807, 2.05) is 0 Å². The lowest BCUT2D eigenvalue weighted by Crippen LogP contribution is -2.60. The number of benzene rings is 2. The summed E-state index contributed by atoms with van der Waals surface area (Å²) in [4.78, 5) is 104. The molecule has 12 N–H and O–H groups in total. The molecule has 2 aromatic rings. The highest BCUT2D eigenvalue weighted by molar-refractivity contribution is 7.80. The summed E-state index contributed by atoms with van der Waals surface area (Å²) in [7, 11) is 0. The van der Waals surface area contributed by atoms with Gasteiger partial charge >= 0.3 is 18.0 Å². The number of carbonyl (C=O) groups excluding carboxylic acids is 6. The molecule has 1 aliphatic rings. The zero-order valence-corrected chi connectivity index (χ0v) is 31.3. The molecule has 1 fully saturated rings. The lowest BCUT2D eigenvalue weighted by Gasteiger charge is -2.29. The number of nitrogens with one attached hydrogen (secondary N) is 5. The standard InChI is InChI=1S/C36H48N8O11S/c37-23(19-56)30(48)40-24(8-4-14-39-36(38)55)31(49)42-26(18-29(46)47)33(51)41-25(16-21-10-12-22(45)13-11-21)32(50)43-27(17-20-6-2-1-3-7-20)34(52)44-15-5-9-28(44)35(53)54/h1-3,6-7,10-13,23-28,45,56H,4-5,8-9,14-19,37H2,(H,40,48)(H,41,51)(H,42,49)(H,43,50)(H,46,47)(H,53,54)(H3,38,39,55)/t23-,24-,25-,26-,27-,28-/m0/s1. The first-order valence-corrected chi connectivity index (χ1v) is 18.4. The fourth-order valence-electron chi connectivity index (χ4n) is 5.96. The number of carboxylic acids is 2. The number of primary amides is 1. The van der Waals surface area contributed by atoms with Crippen molar-refractivity contribution in [3.05, 3.63) is 65.7 Å². The third kappa shape index (κ3) is 14.1. The zero-order chi connectivity index (χ0) is 41.4. The highest BCUT2D eigenvalue weighted by Crippen LogP contribution is 2.20. The average Bonchev–Trinajstić information content (AvgIpc) is 3.66. The predicted molar refractivity (Wildman–Crippen MR) is 203 cm³/mol. The van der Waals surface area contributed by atoms with E-state index < -0.39 is 90.2 Å². The van der Waals surface area contributed by atoms with Gasteiger partial charge in [-0.15, -0.1) is 0 Å². The van der Waals surface area contributed by atoms with E-state index in [0.29, 0.717) is 17.5 Å². The van der Waals surface area contributed by atoms with Gasteiger partial charge in [-0.2, -0.15) is 12.6 Å². The van der Waals surface area contributed by atoms with Crippen molar-refractivity contribution in [3.8, 4) is 5.75 Å². The van der Waals surface area contributed by atoms with Crippen molar-refractivity contribution in [3.63, 3.8) is 0 Å². The number of hydrogen-bond donors (Lipinski definition) is 11. The molecule has 1 aliphatic heterocycles. The molecule has 304 valence electrons. The van der Waals surface area contributed by atoms with Gasteiger partial charge in [0.25, 0.3) is 0 Å². The van der Waals surface area contributed by atoms with Gasteiger partial charge in [0, 0.05) is 31.7 Å². The van der Waals surface area contributed by atoms with Crippen LogP contribution in [0.25, 0.3) is 0 Å². The zero-order valence-electron chi connectivity index (χ0n) is 30.4. The number of urea groups is 1. The first-order valence-electron chi connectivity index (χ1n) is 17.8. The van der Waals surface area contributed by atoms with Gasteiger partial charge in [-0.3, -0.25) is 28.8 Å². The number of nitrogens with zero attached hydrogens (tertiary/aromatic N) is 1. The number of thiol groups is 1. The number of likely N-dealkylation sites (tertiary alicyclic amines) is 1. The van der Waals surface area contributed by atoms with Crippen molar-refractivity contribution in [2.75, 3.05) is 18.8 Å². The van der Waals surface area contributed by atoms with Gasteiger partial charge in [0.05, 0.1) is 12.5 Å². The van der Waals surface area contributed by atoms with E-state index >= 15 is 0 Å². The van der Waals surface area contributed by atoms with Crippen LogP contribution >= 0.6 is 12.6 Å². The smallest absolute Gasteiger partial charge is 0.326 e. The van der Waals surface area contributed by atoms with Crippen LogP contribution in [0.5, 0.6) is 5.75 Å². The van der Waals surface area contributed by atoms with Crippen LogP contribution in [-0.2, 0) is 46.4 Å². The van der Waals surface area contributed by atoms with Crippen LogP contribution in [0.4, 0.5) is 4.79 Å². The highest BCUT2D eigenvalue weighted by Gasteiger charge is 2.39. The quantitative estimate of drug-likeness (QED) is 0.0501. The summed E-state index contributed by atoms with van der Waals surface area (Å²) in [5, 5.41) is 41.5. The Morgan fingerprint density at radius 3 is 1.93 bits per heavy atom. The van der Waals surface area contributed by atoms with Crippen molar-refractivity contribution in [2.45, 2.75) is 81.2 Å². The van der Waals surface area contributed by atoms with E-state index in [9.17, 15) is 53.7 Å². The molecule has 0 bridgehead atoms. The van der Waals surface area contributed by atoms with Crippen LogP contribution < -0.4 is 38.1 Å². The number of carbonyl (C=O) groups is 8. The van der Waals surface area contributed by atoms with Crippen molar-refractivity contribution in [1.29, 1.82) is 0 Å². The highest BCUT2D eigenvalue weighted by atomic mass is 32.1.